The first-order valence-corrected chi connectivity index (χ1v) is 4.71. The third-order valence-electron chi connectivity index (χ3n) is 2.00. The molecule has 2 aromatic heterocycles. The second kappa shape index (κ2) is 4.03. The molecule has 2 rings (SSSR count). The monoisotopic (exact) mass is 214 g/mol. The highest BCUT2D eigenvalue weighted by Gasteiger charge is 2.09. The van der Waals surface area contributed by atoms with Crippen LogP contribution in [0.2, 0.25) is 0 Å². The predicted molar refractivity (Wildman–Crippen MR) is 58.8 cm³/mol. The van der Waals surface area contributed by atoms with Crippen LogP contribution >= 0.6 is 0 Å². The lowest BCUT2D eigenvalue weighted by atomic mass is 10.3. The van der Waals surface area contributed by atoms with Gasteiger partial charge in [-0.1, -0.05) is 0 Å². The Morgan fingerprint density at radius 2 is 2.19 bits per heavy atom. The van der Waals surface area contributed by atoms with E-state index in [0.29, 0.717) is 23.1 Å². The molecule has 80 valence electrons. The van der Waals surface area contributed by atoms with Crippen molar-refractivity contribution in [1.82, 2.24) is 9.97 Å². The molecule has 16 heavy (non-hydrogen) atoms. The van der Waals surface area contributed by atoms with E-state index >= 15 is 0 Å². The molecule has 0 saturated carbocycles. The van der Waals surface area contributed by atoms with Gasteiger partial charge >= 0.3 is 0 Å². The molecule has 5 heteroatoms. The molecule has 0 unspecified atom stereocenters. The van der Waals surface area contributed by atoms with Gasteiger partial charge in [-0.2, -0.15) is 5.26 Å². The van der Waals surface area contributed by atoms with Crippen LogP contribution in [0.1, 0.15) is 5.69 Å². The summed E-state index contributed by atoms with van der Waals surface area (Å²) in [5.74, 6) is 1.12. The van der Waals surface area contributed by atoms with Crippen LogP contribution in [0.3, 0.4) is 0 Å². The molecule has 0 N–H and O–H groups in total. The summed E-state index contributed by atoms with van der Waals surface area (Å²) in [4.78, 5) is 10.1. The van der Waals surface area contributed by atoms with Crippen LogP contribution in [-0.2, 0) is 0 Å². The summed E-state index contributed by atoms with van der Waals surface area (Å²) >= 11 is 0. The Balaban J connectivity index is 2.55. The number of rotatable bonds is 2. The molecular formula is C11H10N4O. The molecule has 0 saturated heterocycles. The maximum Gasteiger partial charge on any atom is 0.226 e. The van der Waals surface area contributed by atoms with Crippen molar-refractivity contribution in [2.24, 2.45) is 0 Å². The third-order valence-corrected chi connectivity index (χ3v) is 2.00. The quantitative estimate of drug-likeness (QED) is 0.760. The van der Waals surface area contributed by atoms with Crippen molar-refractivity contribution in [3.05, 3.63) is 30.2 Å². The van der Waals surface area contributed by atoms with Gasteiger partial charge in [0.25, 0.3) is 0 Å². The van der Waals surface area contributed by atoms with Crippen molar-refractivity contribution in [1.29, 1.82) is 5.26 Å². The number of furan rings is 1. The minimum atomic E-state index is 0.324. The average molecular weight is 214 g/mol. The third kappa shape index (κ3) is 1.86. The summed E-state index contributed by atoms with van der Waals surface area (Å²) in [5, 5.41) is 8.88. The Morgan fingerprint density at radius 3 is 2.75 bits per heavy atom. The summed E-state index contributed by atoms with van der Waals surface area (Å²) in [6, 6.07) is 7.18. The molecule has 0 aliphatic rings. The fourth-order valence-electron chi connectivity index (χ4n) is 1.24. The summed E-state index contributed by atoms with van der Waals surface area (Å²) in [7, 11) is 3.64. The largest absolute Gasteiger partial charge is 0.463 e. The average Bonchev–Trinajstić information content (AvgIpc) is 2.81. The lowest BCUT2D eigenvalue weighted by Gasteiger charge is -2.10. The van der Waals surface area contributed by atoms with E-state index in [-0.39, 0.29) is 0 Å². The van der Waals surface area contributed by atoms with E-state index in [4.69, 9.17) is 9.68 Å². The van der Waals surface area contributed by atoms with Crippen molar-refractivity contribution in [3.63, 3.8) is 0 Å². The normalized spacial score (nSPS) is 9.81. The van der Waals surface area contributed by atoms with Crippen LogP contribution in [0.4, 0.5) is 5.95 Å². The molecule has 0 bridgehead atoms. The lowest BCUT2D eigenvalue weighted by molar-refractivity contribution is 0.579. The predicted octanol–water partition coefficient (Wildman–Crippen LogP) is 1.67. The molecule has 0 fully saturated rings. The van der Waals surface area contributed by atoms with Crippen LogP contribution in [-0.4, -0.2) is 24.1 Å². The molecule has 0 spiro atoms. The number of anilines is 1. The zero-order chi connectivity index (χ0) is 11.5. The van der Waals surface area contributed by atoms with Gasteiger partial charge in [0.1, 0.15) is 17.5 Å². The number of nitriles is 1. The van der Waals surface area contributed by atoms with Crippen molar-refractivity contribution >= 4 is 5.95 Å². The van der Waals surface area contributed by atoms with Gasteiger partial charge in [-0.15, -0.1) is 0 Å². The highest BCUT2D eigenvalue weighted by molar-refractivity contribution is 5.56. The summed E-state index contributed by atoms with van der Waals surface area (Å²) in [6.45, 7) is 0. The molecule has 2 heterocycles. The lowest BCUT2D eigenvalue weighted by Crippen LogP contribution is -2.13. The highest BCUT2D eigenvalue weighted by Crippen LogP contribution is 2.20. The van der Waals surface area contributed by atoms with Crippen LogP contribution in [0.5, 0.6) is 0 Å². The molecule has 5 nitrogen and oxygen atoms in total. The molecule has 0 aliphatic carbocycles. The first kappa shape index (κ1) is 10.2. The van der Waals surface area contributed by atoms with Crippen LogP contribution in [0, 0.1) is 11.3 Å². The van der Waals surface area contributed by atoms with Gasteiger partial charge in [-0.05, 0) is 12.1 Å². The maximum atomic E-state index is 8.88. The van der Waals surface area contributed by atoms with E-state index in [0.717, 1.165) is 0 Å². The van der Waals surface area contributed by atoms with Crippen molar-refractivity contribution in [2.75, 3.05) is 19.0 Å². The minimum absolute atomic E-state index is 0.324. The van der Waals surface area contributed by atoms with Crippen LogP contribution < -0.4 is 4.90 Å². The van der Waals surface area contributed by atoms with E-state index < -0.39 is 0 Å². The Bertz CT molecular complexity index is 525. The van der Waals surface area contributed by atoms with E-state index in [1.807, 2.05) is 20.2 Å². The zero-order valence-corrected chi connectivity index (χ0v) is 9.01. The van der Waals surface area contributed by atoms with Crippen LogP contribution in [0.15, 0.2) is 28.9 Å². The first-order valence-electron chi connectivity index (χ1n) is 4.71. The van der Waals surface area contributed by atoms with Gasteiger partial charge < -0.3 is 9.32 Å². The SMILES string of the molecule is CN(C)c1nc(C#N)cc(-c2ccco2)n1. The minimum Gasteiger partial charge on any atom is -0.463 e. The van der Waals surface area contributed by atoms with Gasteiger partial charge in [0.05, 0.1) is 6.26 Å². The fourth-order valence-corrected chi connectivity index (χ4v) is 1.24. The maximum absolute atomic E-state index is 8.88. The molecular weight excluding hydrogens is 204 g/mol. The Kier molecular flexibility index (Phi) is 2.56. The summed E-state index contributed by atoms with van der Waals surface area (Å²) in [6.07, 6.45) is 1.57. The topological polar surface area (TPSA) is 66.0 Å². The number of aromatic nitrogens is 2. The highest BCUT2D eigenvalue weighted by atomic mass is 16.3. The van der Waals surface area contributed by atoms with Gasteiger partial charge in [-0.3, -0.25) is 0 Å². The zero-order valence-electron chi connectivity index (χ0n) is 9.01. The fraction of sp³-hybridized carbons (Fsp3) is 0.182. The van der Waals surface area contributed by atoms with Gasteiger partial charge in [0, 0.05) is 20.2 Å². The number of nitrogens with zero attached hydrogens (tertiary/aromatic N) is 4. The first-order chi connectivity index (χ1) is 7.70. The molecule has 0 amide bonds. The van der Waals surface area contributed by atoms with Crippen molar-refractivity contribution in [3.8, 4) is 17.5 Å². The van der Waals surface area contributed by atoms with E-state index in [9.17, 15) is 0 Å². The summed E-state index contributed by atoms with van der Waals surface area (Å²) in [5.41, 5.74) is 0.936. The Labute approximate surface area is 93.0 Å². The Morgan fingerprint density at radius 1 is 1.38 bits per heavy atom. The number of hydrogen-bond donors (Lipinski definition) is 0. The summed E-state index contributed by atoms with van der Waals surface area (Å²) < 4.78 is 5.24. The van der Waals surface area contributed by atoms with E-state index in [1.165, 1.54) is 0 Å². The molecule has 2 aromatic rings. The van der Waals surface area contributed by atoms with Gasteiger partial charge in [-0.25, -0.2) is 9.97 Å². The van der Waals surface area contributed by atoms with E-state index in [1.54, 1.807) is 29.4 Å². The van der Waals surface area contributed by atoms with E-state index in [2.05, 4.69) is 9.97 Å². The molecule has 0 aromatic carbocycles. The number of hydrogen-bond acceptors (Lipinski definition) is 5. The molecule has 0 aliphatic heterocycles. The smallest absolute Gasteiger partial charge is 0.226 e. The Hall–Kier alpha value is -2.35. The van der Waals surface area contributed by atoms with Gasteiger partial charge in [0.15, 0.2) is 5.76 Å². The van der Waals surface area contributed by atoms with Crippen molar-refractivity contribution < 1.29 is 4.42 Å². The van der Waals surface area contributed by atoms with Gasteiger partial charge in [0.2, 0.25) is 5.95 Å². The standard InChI is InChI=1S/C11H10N4O/c1-15(2)11-13-8(7-12)6-9(14-11)10-4-3-5-16-10/h3-6H,1-2H3. The molecule has 0 atom stereocenters. The second-order valence-corrected chi connectivity index (χ2v) is 3.42. The van der Waals surface area contributed by atoms with Crippen molar-refractivity contribution in [2.45, 2.75) is 0 Å². The second-order valence-electron chi connectivity index (χ2n) is 3.42. The van der Waals surface area contributed by atoms with Crippen LogP contribution in [0.25, 0.3) is 11.5 Å². The molecule has 0 radical (unpaired) electrons.